The molecule has 0 radical (unpaired) electrons. The van der Waals surface area contributed by atoms with Gasteiger partial charge in [0.1, 0.15) is 18.1 Å². The van der Waals surface area contributed by atoms with Crippen LogP contribution in [0, 0.1) is 20.8 Å². The van der Waals surface area contributed by atoms with E-state index in [0.29, 0.717) is 50.7 Å². The zero-order chi connectivity index (χ0) is 43.2. The van der Waals surface area contributed by atoms with Crippen LogP contribution in [0.4, 0.5) is 5.69 Å². The van der Waals surface area contributed by atoms with E-state index in [1.807, 2.05) is 30.3 Å². The fourth-order valence-corrected chi connectivity index (χ4v) is 6.92. The molecule has 0 spiro atoms. The molecule has 4 aromatic rings. The van der Waals surface area contributed by atoms with Crippen LogP contribution < -0.4 is 38.1 Å². The number of carbonyl (C=O) groups excluding carboxylic acids is 6. The van der Waals surface area contributed by atoms with Gasteiger partial charge in [-0.15, -0.1) is 0 Å². The number of amides is 6. The first-order valence-corrected chi connectivity index (χ1v) is 19.5. The molecule has 5 rings (SSSR count). The van der Waals surface area contributed by atoms with Crippen molar-refractivity contribution in [3.63, 3.8) is 0 Å². The average Bonchev–Trinajstić information content (AvgIpc) is 3.16. The van der Waals surface area contributed by atoms with Crippen LogP contribution in [0.5, 0.6) is 0 Å². The predicted octanol–water partition coefficient (Wildman–Crippen LogP) is 2.81. The largest absolute Gasteiger partial charge is 0.368 e. The molecule has 310 valence electrons. The van der Waals surface area contributed by atoms with Crippen LogP contribution in [-0.4, -0.2) is 76.6 Å². The number of hydrogen-bond donors (Lipinski definition) is 7. The van der Waals surface area contributed by atoms with Gasteiger partial charge in [0.05, 0.1) is 35.6 Å². The SMILES string of the molecule is Cc1cc2cc(c1NC(=O)[C@H](CCN)NC(=O)[C@H](C)NC(=O)c1c(C)nc(-c3ccc(C(C)(C)C)cc3)nc1C)-c1cccc(c1)CC(=O)NCC(=O)NC(C(N)=O)C2. The van der Waals surface area contributed by atoms with Gasteiger partial charge < -0.3 is 38.1 Å². The van der Waals surface area contributed by atoms with Crippen LogP contribution in [0.3, 0.4) is 0 Å². The summed E-state index contributed by atoms with van der Waals surface area (Å²) in [4.78, 5) is 87.9. The van der Waals surface area contributed by atoms with Gasteiger partial charge >= 0.3 is 0 Å². The number of primary amides is 1. The van der Waals surface area contributed by atoms with Crippen LogP contribution >= 0.6 is 0 Å². The van der Waals surface area contributed by atoms with Crippen molar-refractivity contribution in [3.05, 3.63) is 99.9 Å². The summed E-state index contributed by atoms with van der Waals surface area (Å²) in [6.45, 7) is 12.9. The van der Waals surface area contributed by atoms with Gasteiger partial charge in [-0.3, -0.25) is 28.8 Å². The lowest BCUT2D eigenvalue weighted by Gasteiger charge is -2.24. The zero-order valence-electron chi connectivity index (χ0n) is 34.5. The molecular weight excluding hydrogens is 751 g/mol. The quantitative estimate of drug-likeness (QED) is 0.125. The lowest BCUT2D eigenvalue weighted by Crippen LogP contribution is -2.52. The summed E-state index contributed by atoms with van der Waals surface area (Å²) in [5.74, 6) is -2.95. The minimum atomic E-state index is -1.09. The van der Waals surface area contributed by atoms with E-state index in [-0.39, 0.29) is 43.3 Å². The van der Waals surface area contributed by atoms with Crippen molar-refractivity contribution in [2.24, 2.45) is 11.5 Å². The Kier molecular flexibility index (Phi) is 13.6. The third kappa shape index (κ3) is 10.9. The van der Waals surface area contributed by atoms with Gasteiger partial charge in [0.15, 0.2) is 5.82 Å². The number of aromatic nitrogens is 2. The Bertz CT molecular complexity index is 2260. The van der Waals surface area contributed by atoms with E-state index in [1.165, 1.54) is 12.5 Å². The maximum Gasteiger partial charge on any atom is 0.255 e. The fraction of sp³-hybridized carbons (Fsp3) is 0.364. The van der Waals surface area contributed by atoms with Crippen LogP contribution in [-0.2, 0) is 42.2 Å². The molecule has 15 heteroatoms. The van der Waals surface area contributed by atoms with Crippen molar-refractivity contribution in [2.75, 3.05) is 18.4 Å². The first-order chi connectivity index (χ1) is 27.8. The van der Waals surface area contributed by atoms with Crippen LogP contribution in [0.15, 0.2) is 60.7 Å². The number of nitrogens with zero attached hydrogens (tertiary/aromatic N) is 2. The highest BCUT2D eigenvalue weighted by atomic mass is 16.2. The number of aryl methyl sites for hydroxylation is 3. The van der Waals surface area contributed by atoms with E-state index in [0.717, 1.165) is 5.56 Å². The monoisotopic (exact) mass is 803 g/mol. The second-order valence-electron chi connectivity index (χ2n) is 16.0. The number of carbonyl (C=O) groups is 6. The third-order valence-corrected chi connectivity index (χ3v) is 10.1. The molecular formula is C44H53N9O6. The van der Waals surface area contributed by atoms with Gasteiger partial charge in [0, 0.05) is 17.5 Å². The fourth-order valence-electron chi connectivity index (χ4n) is 6.92. The zero-order valence-corrected chi connectivity index (χ0v) is 34.5. The Morgan fingerprint density at radius 1 is 0.864 bits per heavy atom. The molecule has 6 amide bonds. The smallest absolute Gasteiger partial charge is 0.255 e. The van der Waals surface area contributed by atoms with E-state index in [1.54, 1.807) is 51.1 Å². The van der Waals surface area contributed by atoms with E-state index in [9.17, 15) is 28.8 Å². The highest BCUT2D eigenvalue weighted by Crippen LogP contribution is 2.34. The van der Waals surface area contributed by atoms with Gasteiger partial charge in [-0.25, -0.2) is 9.97 Å². The number of nitrogens with two attached hydrogens (primary N) is 2. The normalized spacial score (nSPS) is 15.4. The summed E-state index contributed by atoms with van der Waals surface area (Å²) in [7, 11) is 0. The van der Waals surface area contributed by atoms with E-state index in [2.05, 4.69) is 57.3 Å². The summed E-state index contributed by atoms with van der Waals surface area (Å²) in [6.07, 6.45) is 0.107. The first-order valence-electron chi connectivity index (χ1n) is 19.5. The topological polar surface area (TPSA) is 240 Å². The molecule has 1 aliphatic rings. The number of rotatable bonds is 10. The minimum Gasteiger partial charge on any atom is -0.368 e. The second kappa shape index (κ2) is 18.4. The van der Waals surface area contributed by atoms with Gasteiger partial charge in [0.2, 0.25) is 29.5 Å². The summed E-state index contributed by atoms with van der Waals surface area (Å²) >= 11 is 0. The Morgan fingerprint density at radius 3 is 2.17 bits per heavy atom. The van der Waals surface area contributed by atoms with E-state index >= 15 is 0 Å². The molecule has 0 aliphatic carbocycles. The second-order valence-corrected chi connectivity index (χ2v) is 16.0. The van der Waals surface area contributed by atoms with Crippen molar-refractivity contribution in [1.82, 2.24) is 31.2 Å². The van der Waals surface area contributed by atoms with Crippen LogP contribution in [0.2, 0.25) is 0 Å². The molecule has 3 aromatic carbocycles. The molecule has 9 N–H and O–H groups in total. The maximum atomic E-state index is 14.0. The maximum absolute atomic E-state index is 14.0. The molecule has 15 nitrogen and oxygen atoms in total. The van der Waals surface area contributed by atoms with Crippen molar-refractivity contribution >= 4 is 41.1 Å². The molecule has 1 aliphatic heterocycles. The Labute approximate surface area is 343 Å². The summed E-state index contributed by atoms with van der Waals surface area (Å²) in [5, 5.41) is 13.6. The number of nitrogens with one attached hydrogen (secondary N) is 5. The van der Waals surface area contributed by atoms with E-state index < -0.39 is 53.6 Å². The molecule has 3 atom stereocenters. The number of anilines is 1. The molecule has 2 heterocycles. The predicted molar refractivity (Wildman–Crippen MR) is 225 cm³/mol. The molecule has 0 fully saturated rings. The minimum absolute atomic E-state index is 0.0127. The lowest BCUT2D eigenvalue weighted by atomic mass is 9.86. The molecule has 0 saturated carbocycles. The molecule has 1 aromatic heterocycles. The van der Waals surface area contributed by atoms with Crippen molar-refractivity contribution in [1.29, 1.82) is 0 Å². The number of fused-ring (bicyclic) bond motifs is 5. The van der Waals surface area contributed by atoms with Crippen molar-refractivity contribution in [3.8, 4) is 22.5 Å². The van der Waals surface area contributed by atoms with Gasteiger partial charge in [0.25, 0.3) is 5.91 Å². The lowest BCUT2D eigenvalue weighted by molar-refractivity contribution is -0.128. The highest BCUT2D eigenvalue weighted by molar-refractivity contribution is 6.03. The van der Waals surface area contributed by atoms with Gasteiger partial charge in [-0.05, 0) is 80.0 Å². The Morgan fingerprint density at radius 2 is 1.54 bits per heavy atom. The molecule has 59 heavy (non-hydrogen) atoms. The van der Waals surface area contributed by atoms with Crippen LogP contribution in [0.1, 0.15) is 78.1 Å². The van der Waals surface area contributed by atoms with Crippen LogP contribution in [0.25, 0.3) is 22.5 Å². The molecule has 4 bridgehead atoms. The van der Waals surface area contributed by atoms with Crippen molar-refractivity contribution < 1.29 is 28.8 Å². The highest BCUT2D eigenvalue weighted by Gasteiger charge is 2.28. The van der Waals surface area contributed by atoms with Gasteiger partial charge in [-0.1, -0.05) is 75.4 Å². The summed E-state index contributed by atoms with van der Waals surface area (Å²) in [6, 6.07) is 15.5. The number of hydrogen-bond acceptors (Lipinski definition) is 9. The van der Waals surface area contributed by atoms with E-state index in [4.69, 9.17) is 11.5 Å². The summed E-state index contributed by atoms with van der Waals surface area (Å²) < 4.78 is 0. The van der Waals surface area contributed by atoms with Gasteiger partial charge in [-0.2, -0.15) is 0 Å². The first kappa shape index (κ1) is 43.6. The third-order valence-electron chi connectivity index (χ3n) is 10.1. The average molecular weight is 804 g/mol. The molecule has 0 saturated heterocycles. The summed E-state index contributed by atoms with van der Waals surface area (Å²) in [5.41, 5.74) is 18.3. The number of benzene rings is 3. The Hall–Kier alpha value is -6.48. The molecule has 1 unspecified atom stereocenters. The van der Waals surface area contributed by atoms with Crippen molar-refractivity contribution in [2.45, 2.75) is 91.3 Å². The Balaban J connectivity index is 1.35. The standard InChI is InChI=1S/C44H53N9O6/c1-23-17-28-19-32(30-10-8-9-27(18-30)21-35(54)47-22-36(55)51-34(20-28)39(46)56)38(23)53-42(58)33(15-16-45)52-41(57)26(4)50-43(59)37-24(2)48-40(49-25(37)3)29-11-13-31(14-12-29)44(5,6)7/h8-14,17-19,26,33-34H,15-16,20-22,45H2,1-7H3,(H2,46,56)(H,47,54)(H,50,59)(H,51,55)(H,52,57)(H,53,58)/t26-,33-,34?/m0/s1.